The number of halogens is 1. The van der Waals surface area contributed by atoms with Gasteiger partial charge in [-0.1, -0.05) is 22.5 Å². The summed E-state index contributed by atoms with van der Waals surface area (Å²) in [5, 5.41) is 2.56. The van der Waals surface area contributed by atoms with E-state index in [0.717, 1.165) is 0 Å². The Hall–Kier alpha value is -0.840. The first kappa shape index (κ1) is 10.2. The van der Waals surface area contributed by atoms with Gasteiger partial charge < -0.3 is 10.2 Å². The fourth-order valence-electron chi connectivity index (χ4n) is 1.21. The molecule has 1 unspecified atom stereocenters. The normalized spacial score (nSPS) is 22.9. The second-order valence-electron chi connectivity index (χ2n) is 3.00. The third-order valence-electron chi connectivity index (χ3n) is 1.76. The Kier molecular flexibility index (Phi) is 3.08. The van der Waals surface area contributed by atoms with Crippen molar-refractivity contribution < 1.29 is 9.59 Å². The number of amides is 2. The molecule has 0 saturated carbocycles. The van der Waals surface area contributed by atoms with Crippen molar-refractivity contribution in [3.8, 4) is 0 Å². The molecule has 0 aromatic heterocycles. The van der Waals surface area contributed by atoms with Gasteiger partial charge in [0, 0.05) is 4.48 Å². The van der Waals surface area contributed by atoms with Crippen molar-refractivity contribution in [2.24, 2.45) is 0 Å². The second-order valence-corrected chi connectivity index (χ2v) is 4.12. The maximum absolute atomic E-state index is 11.5. The topological polar surface area (TPSA) is 49.4 Å². The van der Waals surface area contributed by atoms with E-state index in [1.54, 1.807) is 6.92 Å². The van der Waals surface area contributed by atoms with Crippen LogP contribution in [0.2, 0.25) is 0 Å². The maximum atomic E-state index is 11.5. The highest BCUT2D eigenvalue weighted by molar-refractivity contribution is 9.11. The van der Waals surface area contributed by atoms with Crippen LogP contribution in [-0.4, -0.2) is 35.8 Å². The van der Waals surface area contributed by atoms with Crippen LogP contribution in [0, 0.1) is 0 Å². The number of carbonyl (C=O) groups excluding carboxylic acids is 2. The Bertz CT molecular complexity index is 263. The van der Waals surface area contributed by atoms with Crippen LogP contribution in [-0.2, 0) is 9.59 Å². The first-order chi connectivity index (χ1) is 6.00. The highest BCUT2D eigenvalue weighted by atomic mass is 79.9. The second kappa shape index (κ2) is 3.91. The fraction of sp³-hybridized carbons (Fsp3) is 0.500. The van der Waals surface area contributed by atoms with Gasteiger partial charge in [0.15, 0.2) is 0 Å². The lowest BCUT2D eigenvalue weighted by Crippen LogP contribution is -2.56. The number of rotatable bonds is 2. The minimum Gasteiger partial charge on any atom is -0.343 e. The number of hydrogen-bond acceptors (Lipinski definition) is 2. The first-order valence-corrected chi connectivity index (χ1v) is 4.71. The van der Waals surface area contributed by atoms with Crippen molar-refractivity contribution in [1.82, 2.24) is 10.2 Å². The van der Waals surface area contributed by atoms with Crippen LogP contribution >= 0.6 is 15.9 Å². The summed E-state index contributed by atoms with van der Waals surface area (Å²) in [4.78, 5) is 24.0. The lowest BCUT2D eigenvalue weighted by Gasteiger charge is -2.30. The molecule has 1 N–H and O–H groups in total. The molecule has 0 aromatic rings. The first-order valence-electron chi connectivity index (χ1n) is 3.92. The van der Waals surface area contributed by atoms with Crippen LogP contribution < -0.4 is 5.32 Å². The molecule has 1 fully saturated rings. The average Bonchev–Trinajstić information content (AvgIpc) is 1.98. The van der Waals surface area contributed by atoms with Gasteiger partial charge in [0.25, 0.3) is 0 Å². The number of nitrogens with zero attached hydrogens (tertiary/aromatic N) is 1. The molecule has 5 heteroatoms. The van der Waals surface area contributed by atoms with Crippen molar-refractivity contribution in [2.45, 2.75) is 13.0 Å². The summed E-state index contributed by atoms with van der Waals surface area (Å²) in [7, 11) is 0. The van der Waals surface area contributed by atoms with Gasteiger partial charge in [0.2, 0.25) is 11.8 Å². The van der Waals surface area contributed by atoms with Crippen LogP contribution in [0.15, 0.2) is 11.1 Å². The largest absolute Gasteiger partial charge is 0.343 e. The lowest BCUT2D eigenvalue weighted by molar-refractivity contribution is -0.143. The number of hydrogen-bond donors (Lipinski definition) is 1. The average molecular weight is 247 g/mol. The third-order valence-corrected chi connectivity index (χ3v) is 2.01. The van der Waals surface area contributed by atoms with E-state index in [1.807, 2.05) is 0 Å². The molecule has 2 amide bonds. The lowest BCUT2D eigenvalue weighted by atomic mass is 10.2. The molecular weight excluding hydrogens is 236 g/mol. The van der Waals surface area contributed by atoms with Crippen LogP contribution in [0.25, 0.3) is 0 Å². The SMILES string of the molecule is C=C(Br)CN1CC(=O)NC(C)C1=O. The zero-order valence-corrected chi connectivity index (χ0v) is 8.93. The van der Waals surface area contributed by atoms with E-state index in [1.165, 1.54) is 4.90 Å². The summed E-state index contributed by atoms with van der Waals surface area (Å²) in [6, 6.07) is -0.423. The molecule has 1 rings (SSSR count). The number of nitrogens with one attached hydrogen (secondary N) is 1. The van der Waals surface area contributed by atoms with Crippen molar-refractivity contribution in [3.05, 3.63) is 11.1 Å². The summed E-state index contributed by atoms with van der Waals surface area (Å²) >= 11 is 3.16. The Labute approximate surface area is 85.1 Å². The van der Waals surface area contributed by atoms with Gasteiger partial charge in [-0.05, 0) is 6.92 Å². The predicted molar refractivity (Wildman–Crippen MR) is 52.3 cm³/mol. The molecule has 1 atom stereocenters. The molecular formula is C8H11BrN2O2. The van der Waals surface area contributed by atoms with E-state index in [9.17, 15) is 9.59 Å². The quantitative estimate of drug-likeness (QED) is 0.760. The molecule has 0 aromatic carbocycles. The van der Waals surface area contributed by atoms with E-state index in [2.05, 4.69) is 27.8 Å². The molecule has 1 aliphatic heterocycles. The van der Waals surface area contributed by atoms with E-state index in [0.29, 0.717) is 11.0 Å². The molecule has 72 valence electrons. The van der Waals surface area contributed by atoms with E-state index in [4.69, 9.17) is 0 Å². The summed E-state index contributed by atoms with van der Waals surface area (Å²) in [5.41, 5.74) is 0. The fourth-order valence-corrected chi connectivity index (χ4v) is 1.52. The van der Waals surface area contributed by atoms with Gasteiger partial charge in [0.05, 0.1) is 13.1 Å². The minimum atomic E-state index is -0.423. The minimum absolute atomic E-state index is 0.0693. The predicted octanol–water partition coefficient (Wildman–Crippen LogP) is 0.242. The number of carbonyl (C=O) groups is 2. The van der Waals surface area contributed by atoms with Crippen molar-refractivity contribution in [3.63, 3.8) is 0 Å². The van der Waals surface area contributed by atoms with Gasteiger partial charge in [-0.2, -0.15) is 0 Å². The molecule has 1 aliphatic rings. The standard InChI is InChI=1S/C8H11BrN2O2/c1-5(9)3-11-4-7(12)10-6(2)8(11)13/h6H,1,3-4H2,2H3,(H,10,12). The molecule has 4 nitrogen and oxygen atoms in total. The third kappa shape index (κ3) is 2.55. The van der Waals surface area contributed by atoms with E-state index < -0.39 is 6.04 Å². The van der Waals surface area contributed by atoms with Gasteiger partial charge in [-0.25, -0.2) is 0 Å². The molecule has 0 radical (unpaired) electrons. The van der Waals surface area contributed by atoms with E-state index >= 15 is 0 Å². The van der Waals surface area contributed by atoms with Crippen molar-refractivity contribution in [2.75, 3.05) is 13.1 Å². The summed E-state index contributed by atoms with van der Waals surface area (Å²) in [6.45, 7) is 5.80. The van der Waals surface area contributed by atoms with Crippen molar-refractivity contribution in [1.29, 1.82) is 0 Å². The summed E-state index contributed by atoms with van der Waals surface area (Å²) in [6.07, 6.45) is 0. The van der Waals surface area contributed by atoms with Gasteiger partial charge in [-0.15, -0.1) is 0 Å². The molecule has 1 saturated heterocycles. The maximum Gasteiger partial charge on any atom is 0.245 e. The van der Waals surface area contributed by atoms with Gasteiger partial charge >= 0.3 is 0 Å². The Morgan fingerprint density at radius 2 is 2.38 bits per heavy atom. The molecule has 0 spiro atoms. The monoisotopic (exact) mass is 246 g/mol. The number of piperazine rings is 1. The van der Waals surface area contributed by atoms with Crippen LogP contribution in [0.4, 0.5) is 0 Å². The zero-order chi connectivity index (χ0) is 10.0. The van der Waals surface area contributed by atoms with Crippen LogP contribution in [0.3, 0.4) is 0 Å². The molecule has 1 heterocycles. The van der Waals surface area contributed by atoms with Crippen LogP contribution in [0.5, 0.6) is 0 Å². The smallest absolute Gasteiger partial charge is 0.245 e. The highest BCUT2D eigenvalue weighted by Crippen LogP contribution is 2.08. The zero-order valence-electron chi connectivity index (χ0n) is 7.34. The van der Waals surface area contributed by atoms with Gasteiger partial charge in [-0.3, -0.25) is 9.59 Å². The Morgan fingerprint density at radius 1 is 1.77 bits per heavy atom. The summed E-state index contributed by atoms with van der Waals surface area (Å²) in [5.74, 6) is -0.193. The Morgan fingerprint density at radius 3 is 2.92 bits per heavy atom. The highest BCUT2D eigenvalue weighted by Gasteiger charge is 2.28. The van der Waals surface area contributed by atoms with Crippen LogP contribution in [0.1, 0.15) is 6.92 Å². The van der Waals surface area contributed by atoms with Gasteiger partial charge in [0.1, 0.15) is 6.04 Å². The summed E-state index contributed by atoms with van der Waals surface area (Å²) < 4.78 is 0.697. The molecule has 0 aliphatic carbocycles. The Balaban J connectivity index is 2.66. The van der Waals surface area contributed by atoms with E-state index in [-0.39, 0.29) is 18.4 Å². The molecule has 13 heavy (non-hydrogen) atoms. The van der Waals surface area contributed by atoms with Crippen molar-refractivity contribution >= 4 is 27.7 Å². The molecule has 0 bridgehead atoms.